The highest BCUT2D eigenvalue weighted by molar-refractivity contribution is 5.73. The van der Waals surface area contributed by atoms with Gasteiger partial charge in [-0.3, -0.25) is 0 Å². The normalized spacial score (nSPS) is 55.5. The summed E-state index contributed by atoms with van der Waals surface area (Å²) in [4.78, 5) is 11.5. The van der Waals surface area contributed by atoms with Crippen LogP contribution in [0.25, 0.3) is 0 Å². The van der Waals surface area contributed by atoms with Gasteiger partial charge in [0, 0.05) is 0 Å². The van der Waals surface area contributed by atoms with Crippen LogP contribution in [0.15, 0.2) is 0 Å². The second kappa shape index (κ2) is 8.19. The Bertz CT molecular complexity index is 729. The Balaban J connectivity index is 1.32. The number of ether oxygens (including phenoxy) is 2. The number of aliphatic hydroxyl groups is 3. The molecule has 0 aromatic carbocycles. The predicted molar refractivity (Wildman–Crippen MR) is 116 cm³/mol. The third-order valence-corrected chi connectivity index (χ3v) is 10.6. The van der Waals surface area contributed by atoms with E-state index in [9.17, 15) is 25.2 Å². The number of rotatable bonds is 3. The Hall–Kier alpha value is -0.730. The average Bonchev–Trinajstić information content (AvgIpc) is 3.09. The number of fused-ring (bicyclic) bond motifs is 5. The fraction of sp³-hybridized carbons (Fsp3) is 0.960. The van der Waals surface area contributed by atoms with Crippen molar-refractivity contribution in [1.29, 1.82) is 0 Å². The molecule has 0 aromatic rings. The Labute approximate surface area is 190 Å². The van der Waals surface area contributed by atoms with E-state index in [-0.39, 0.29) is 11.5 Å². The Kier molecular flexibility index (Phi) is 5.90. The second-order valence-electron chi connectivity index (χ2n) is 11.9. The van der Waals surface area contributed by atoms with Crippen molar-refractivity contribution in [3.8, 4) is 0 Å². The quantitative estimate of drug-likeness (QED) is 0.520. The lowest BCUT2D eigenvalue weighted by Crippen LogP contribution is -2.61. The highest BCUT2D eigenvalue weighted by Crippen LogP contribution is 2.66. The van der Waals surface area contributed by atoms with Gasteiger partial charge in [-0.25, -0.2) is 4.79 Å². The molecule has 1 heterocycles. The van der Waals surface area contributed by atoms with Crippen LogP contribution in [-0.4, -0.2) is 63.2 Å². The molecule has 1 aliphatic heterocycles. The zero-order valence-corrected chi connectivity index (χ0v) is 19.4. The first-order chi connectivity index (χ1) is 15.2. The molecule has 4 aliphatic carbocycles. The van der Waals surface area contributed by atoms with Gasteiger partial charge in [-0.05, 0) is 85.9 Å². The van der Waals surface area contributed by atoms with E-state index in [1.165, 1.54) is 44.9 Å². The van der Waals surface area contributed by atoms with Gasteiger partial charge in [-0.15, -0.1) is 0 Å². The molecule has 182 valence electrons. The Morgan fingerprint density at radius 1 is 0.844 bits per heavy atom. The molecule has 1 saturated heterocycles. The molecular weight excluding hydrogens is 412 g/mol. The maximum atomic E-state index is 11.5. The maximum absolute atomic E-state index is 11.5. The minimum absolute atomic E-state index is 0.0398. The molecule has 7 nitrogen and oxygen atoms in total. The minimum atomic E-state index is -1.68. The number of carboxylic acids is 1. The largest absolute Gasteiger partial charge is 0.479 e. The number of carboxylic acid groups (broad SMARTS) is 1. The van der Waals surface area contributed by atoms with Crippen LogP contribution in [0, 0.1) is 34.5 Å². The molecule has 32 heavy (non-hydrogen) atoms. The van der Waals surface area contributed by atoms with E-state index in [0.29, 0.717) is 17.3 Å². The summed E-state index contributed by atoms with van der Waals surface area (Å²) in [6.45, 7) is 4.86. The number of aliphatic carboxylic acids is 1. The molecule has 4 saturated carbocycles. The highest BCUT2D eigenvalue weighted by atomic mass is 16.7. The minimum Gasteiger partial charge on any atom is -0.479 e. The molecule has 7 heteroatoms. The van der Waals surface area contributed by atoms with Gasteiger partial charge in [0.2, 0.25) is 0 Å². The van der Waals surface area contributed by atoms with Gasteiger partial charge >= 0.3 is 5.97 Å². The van der Waals surface area contributed by atoms with Crippen molar-refractivity contribution in [2.24, 2.45) is 34.5 Å². The van der Waals surface area contributed by atoms with Crippen LogP contribution in [0.4, 0.5) is 0 Å². The average molecular weight is 453 g/mol. The molecule has 4 N–H and O–H groups in total. The first-order valence-corrected chi connectivity index (χ1v) is 12.7. The summed E-state index contributed by atoms with van der Waals surface area (Å²) in [5, 5.41) is 39.9. The molecule has 0 radical (unpaired) electrons. The molecular formula is C25H40O7. The van der Waals surface area contributed by atoms with E-state index in [0.717, 1.165) is 31.1 Å². The molecule has 5 aliphatic rings. The van der Waals surface area contributed by atoms with E-state index in [4.69, 9.17) is 9.47 Å². The Morgan fingerprint density at radius 3 is 2.34 bits per heavy atom. The molecule has 0 bridgehead atoms. The maximum Gasteiger partial charge on any atom is 0.335 e. The molecule has 0 unspecified atom stereocenters. The molecule has 5 fully saturated rings. The lowest BCUT2D eigenvalue weighted by molar-refractivity contribution is -0.313. The SMILES string of the molecule is C[C@]12CCCC[C@@H]1CC[C@@H]1[C@@H]2CC[C@]2(C)[C@@H](O[C@@H]3O[C@H](C(=O)O)[C@@H](O)[C@H](O)[C@H]3O)CC[C@@H]12. The van der Waals surface area contributed by atoms with Crippen molar-refractivity contribution in [2.45, 2.75) is 115 Å². The molecule has 0 spiro atoms. The van der Waals surface area contributed by atoms with Gasteiger partial charge in [0.1, 0.15) is 18.3 Å². The molecule has 12 atom stereocenters. The van der Waals surface area contributed by atoms with E-state index in [1.807, 2.05) is 0 Å². The van der Waals surface area contributed by atoms with E-state index in [1.54, 1.807) is 0 Å². The van der Waals surface area contributed by atoms with Crippen molar-refractivity contribution in [3.05, 3.63) is 0 Å². The summed E-state index contributed by atoms with van der Waals surface area (Å²) in [7, 11) is 0. The topological polar surface area (TPSA) is 116 Å². The summed E-state index contributed by atoms with van der Waals surface area (Å²) in [5.41, 5.74) is 0.431. The van der Waals surface area contributed by atoms with Gasteiger partial charge in [-0.2, -0.15) is 0 Å². The number of hydrogen-bond acceptors (Lipinski definition) is 6. The van der Waals surface area contributed by atoms with Gasteiger partial charge < -0.3 is 29.9 Å². The van der Waals surface area contributed by atoms with Gasteiger partial charge in [-0.1, -0.05) is 26.7 Å². The third kappa shape index (κ3) is 3.37. The van der Waals surface area contributed by atoms with Crippen molar-refractivity contribution in [2.75, 3.05) is 0 Å². The van der Waals surface area contributed by atoms with Crippen LogP contribution in [0.5, 0.6) is 0 Å². The van der Waals surface area contributed by atoms with Crippen molar-refractivity contribution in [1.82, 2.24) is 0 Å². The van der Waals surface area contributed by atoms with Gasteiger partial charge in [0.25, 0.3) is 0 Å². The zero-order chi connectivity index (χ0) is 22.8. The zero-order valence-electron chi connectivity index (χ0n) is 19.4. The fourth-order valence-corrected chi connectivity index (χ4v) is 8.80. The van der Waals surface area contributed by atoms with Crippen LogP contribution in [0.1, 0.15) is 78.1 Å². The van der Waals surface area contributed by atoms with Crippen LogP contribution >= 0.6 is 0 Å². The monoisotopic (exact) mass is 452 g/mol. The second-order valence-corrected chi connectivity index (χ2v) is 11.9. The van der Waals surface area contributed by atoms with Crippen LogP contribution in [0.3, 0.4) is 0 Å². The summed E-state index contributed by atoms with van der Waals surface area (Å²) < 4.78 is 11.7. The molecule has 5 rings (SSSR count). The van der Waals surface area contributed by atoms with Crippen molar-refractivity contribution in [3.63, 3.8) is 0 Å². The summed E-state index contributed by atoms with van der Waals surface area (Å²) in [5.74, 6) is 1.56. The van der Waals surface area contributed by atoms with Crippen LogP contribution < -0.4 is 0 Å². The van der Waals surface area contributed by atoms with E-state index in [2.05, 4.69) is 13.8 Å². The third-order valence-electron chi connectivity index (χ3n) is 10.6. The standard InChI is InChI=1S/C25H40O7/c1-24-11-4-3-5-13(24)6-7-14-15-8-9-17(25(15,2)12-10-16(14)24)31-23-20(28)18(26)19(27)21(32-23)22(29)30/h13-21,23,26-28H,3-12H2,1-2H3,(H,29,30)/t13-,14+,15+,16+,17+,18+,19+,20-,21+,23-,24+,25+/m1/s1. The van der Waals surface area contributed by atoms with Crippen LogP contribution in [-0.2, 0) is 14.3 Å². The van der Waals surface area contributed by atoms with Gasteiger partial charge in [0.05, 0.1) is 6.10 Å². The first kappa shape index (κ1) is 23.0. The number of carbonyl (C=O) groups is 1. The van der Waals surface area contributed by atoms with Gasteiger partial charge in [0.15, 0.2) is 12.4 Å². The molecule has 0 aromatic heterocycles. The summed E-state index contributed by atoms with van der Waals surface area (Å²) in [6, 6.07) is 0. The molecule has 0 amide bonds. The lowest BCUT2D eigenvalue weighted by Gasteiger charge is -2.60. The van der Waals surface area contributed by atoms with Crippen LogP contribution in [0.2, 0.25) is 0 Å². The first-order valence-electron chi connectivity index (χ1n) is 12.7. The Morgan fingerprint density at radius 2 is 1.59 bits per heavy atom. The smallest absolute Gasteiger partial charge is 0.335 e. The number of hydrogen-bond donors (Lipinski definition) is 4. The lowest BCUT2D eigenvalue weighted by atomic mass is 9.45. The number of aliphatic hydroxyl groups excluding tert-OH is 3. The predicted octanol–water partition coefficient (Wildman–Crippen LogP) is 2.70. The van der Waals surface area contributed by atoms with E-state index < -0.39 is 36.7 Å². The van der Waals surface area contributed by atoms with Crippen molar-refractivity contribution >= 4 is 5.97 Å². The summed E-state index contributed by atoms with van der Waals surface area (Å²) in [6.07, 6.45) is 4.57. The summed E-state index contributed by atoms with van der Waals surface area (Å²) >= 11 is 0. The van der Waals surface area contributed by atoms with Crippen molar-refractivity contribution < 1.29 is 34.7 Å². The van der Waals surface area contributed by atoms with E-state index >= 15 is 0 Å². The highest BCUT2D eigenvalue weighted by Gasteiger charge is 2.61. The fourth-order valence-electron chi connectivity index (χ4n) is 8.80.